The third kappa shape index (κ3) is 4.90. The number of nitrogens with zero attached hydrogens (tertiary/aromatic N) is 5. The number of aromatic nitrogens is 4. The van der Waals surface area contributed by atoms with Gasteiger partial charge in [0.05, 0.1) is 16.4 Å². The van der Waals surface area contributed by atoms with E-state index in [1.54, 1.807) is 4.68 Å². The molecule has 0 fully saturated rings. The summed E-state index contributed by atoms with van der Waals surface area (Å²) >= 11 is 0. The Morgan fingerprint density at radius 2 is 1.95 bits per heavy atom. The summed E-state index contributed by atoms with van der Waals surface area (Å²) in [6, 6.07) is 18.7. The van der Waals surface area contributed by atoms with E-state index in [4.69, 9.17) is 4.74 Å². The maximum absolute atomic E-state index is 12.7. The second-order valence-electron chi connectivity index (χ2n) is 12.3. The van der Waals surface area contributed by atoms with E-state index in [9.17, 15) is 9.90 Å². The van der Waals surface area contributed by atoms with Gasteiger partial charge in [-0.2, -0.15) is 0 Å². The van der Waals surface area contributed by atoms with Crippen molar-refractivity contribution in [2.45, 2.75) is 59.7 Å². The van der Waals surface area contributed by atoms with Crippen LogP contribution < -0.4 is 4.74 Å². The van der Waals surface area contributed by atoms with Gasteiger partial charge in [-0.15, -0.1) is 5.10 Å². The summed E-state index contributed by atoms with van der Waals surface area (Å²) in [4.78, 5) is 19.6. The molecule has 3 aromatic carbocycles. The van der Waals surface area contributed by atoms with Gasteiger partial charge in [-0.05, 0) is 86.7 Å². The first-order valence-corrected chi connectivity index (χ1v) is 14.4. The molecule has 0 amide bonds. The number of carboxylic acid groups (broad SMARTS) is 1. The summed E-state index contributed by atoms with van der Waals surface area (Å²) in [7, 11) is 1.87. The van der Waals surface area contributed by atoms with Crippen molar-refractivity contribution in [1.29, 1.82) is 0 Å². The molecule has 0 bridgehead atoms. The molecule has 1 unspecified atom stereocenters. The number of benzene rings is 3. The van der Waals surface area contributed by atoms with Crippen LogP contribution in [0.5, 0.6) is 5.75 Å². The molecule has 8 heteroatoms. The predicted octanol–water partition coefficient (Wildman–Crippen LogP) is 6.16. The Balaban J connectivity index is 1.39. The number of fused-ring (bicyclic) bond motifs is 3. The summed E-state index contributed by atoms with van der Waals surface area (Å²) in [6.07, 6.45) is 1.84. The van der Waals surface area contributed by atoms with Crippen molar-refractivity contribution in [3.8, 4) is 5.75 Å². The van der Waals surface area contributed by atoms with Crippen molar-refractivity contribution < 1.29 is 14.6 Å². The molecule has 0 radical (unpaired) electrons. The third-order valence-electron chi connectivity index (χ3n) is 8.79. The molecule has 1 aliphatic heterocycles. The number of pyridine rings is 1. The average molecular weight is 564 g/mol. The van der Waals surface area contributed by atoms with Crippen LogP contribution in [0.3, 0.4) is 0 Å². The van der Waals surface area contributed by atoms with E-state index in [-0.39, 0.29) is 12.0 Å². The molecule has 0 spiro atoms. The fraction of sp³-hybridized carbons (Fsp3) is 0.353. The highest BCUT2D eigenvalue weighted by Gasteiger charge is 2.40. The second kappa shape index (κ2) is 10.5. The number of aliphatic carboxylic acids is 1. The monoisotopic (exact) mass is 563 g/mol. The molecule has 5 aromatic rings. The molecule has 1 aliphatic rings. The van der Waals surface area contributed by atoms with Gasteiger partial charge in [0.15, 0.2) is 0 Å². The van der Waals surface area contributed by atoms with E-state index >= 15 is 0 Å². The van der Waals surface area contributed by atoms with Gasteiger partial charge in [0, 0.05) is 49.7 Å². The fourth-order valence-corrected chi connectivity index (χ4v) is 6.37. The van der Waals surface area contributed by atoms with Crippen molar-refractivity contribution in [3.05, 3.63) is 94.2 Å². The highest BCUT2D eigenvalue weighted by atomic mass is 16.5. The van der Waals surface area contributed by atoms with Crippen LogP contribution in [-0.2, 0) is 24.9 Å². The standard InChI is InChI=1S/C34H37N5O3/c1-20-9-10-24(31(34(4,5)33(40)41)27-11-12-29-32(22(27)3)36-37-38(29)6)14-25(20)18-39-17-21(2)42-30-16-23-8-7-13-35-28(23)15-26(30)19-39/h7-16,21,31H,17-19H2,1-6H3,(H,40,41)/t21-,31?/m1/s1. The molecule has 8 nitrogen and oxygen atoms in total. The highest BCUT2D eigenvalue weighted by molar-refractivity contribution is 5.82. The third-order valence-corrected chi connectivity index (χ3v) is 8.79. The van der Waals surface area contributed by atoms with Crippen LogP contribution >= 0.6 is 0 Å². The Kier molecular flexibility index (Phi) is 6.97. The smallest absolute Gasteiger partial charge is 0.310 e. The first-order chi connectivity index (χ1) is 20.0. The maximum atomic E-state index is 12.7. The largest absolute Gasteiger partial charge is 0.489 e. The normalized spacial score (nSPS) is 16.7. The summed E-state index contributed by atoms with van der Waals surface area (Å²) in [5, 5.41) is 20.0. The predicted molar refractivity (Wildman–Crippen MR) is 164 cm³/mol. The zero-order valence-corrected chi connectivity index (χ0v) is 25.0. The molecular weight excluding hydrogens is 526 g/mol. The van der Waals surface area contributed by atoms with Gasteiger partial charge in [0.2, 0.25) is 0 Å². The van der Waals surface area contributed by atoms with E-state index in [0.29, 0.717) is 0 Å². The van der Waals surface area contributed by atoms with E-state index in [1.165, 1.54) is 11.1 Å². The van der Waals surface area contributed by atoms with Crippen molar-refractivity contribution in [2.24, 2.45) is 12.5 Å². The maximum Gasteiger partial charge on any atom is 0.310 e. The summed E-state index contributed by atoms with van der Waals surface area (Å²) in [6.45, 7) is 12.1. The molecular formula is C34H37N5O3. The molecule has 0 saturated heterocycles. The summed E-state index contributed by atoms with van der Waals surface area (Å²) in [5.74, 6) is -0.316. The molecule has 42 heavy (non-hydrogen) atoms. The number of carbonyl (C=O) groups is 1. The molecule has 0 saturated carbocycles. The first-order valence-electron chi connectivity index (χ1n) is 14.4. The minimum absolute atomic E-state index is 0.0175. The Morgan fingerprint density at radius 3 is 2.74 bits per heavy atom. The van der Waals surface area contributed by atoms with Gasteiger partial charge >= 0.3 is 5.97 Å². The number of ether oxygens (including phenoxy) is 1. The molecule has 2 aromatic heterocycles. The summed E-state index contributed by atoms with van der Waals surface area (Å²) < 4.78 is 8.10. The van der Waals surface area contributed by atoms with Gasteiger partial charge in [-0.25, -0.2) is 4.68 Å². The Bertz CT molecular complexity index is 1830. The van der Waals surface area contributed by atoms with E-state index < -0.39 is 11.4 Å². The topological polar surface area (TPSA) is 93.4 Å². The lowest BCUT2D eigenvalue weighted by Gasteiger charge is -2.33. The Labute approximate surface area is 245 Å². The van der Waals surface area contributed by atoms with Crippen molar-refractivity contribution in [2.75, 3.05) is 6.54 Å². The zero-order chi connectivity index (χ0) is 29.8. The van der Waals surface area contributed by atoms with Crippen LogP contribution in [-0.4, -0.2) is 48.6 Å². The molecule has 216 valence electrons. The van der Waals surface area contributed by atoms with Crippen molar-refractivity contribution >= 4 is 27.9 Å². The van der Waals surface area contributed by atoms with Crippen molar-refractivity contribution in [1.82, 2.24) is 24.9 Å². The minimum Gasteiger partial charge on any atom is -0.489 e. The second-order valence-corrected chi connectivity index (χ2v) is 12.3. The van der Waals surface area contributed by atoms with Crippen LogP contribution in [0.2, 0.25) is 0 Å². The number of hydrogen-bond donors (Lipinski definition) is 1. The van der Waals surface area contributed by atoms with Gasteiger partial charge in [-0.3, -0.25) is 14.7 Å². The van der Waals surface area contributed by atoms with Gasteiger partial charge < -0.3 is 9.84 Å². The Morgan fingerprint density at radius 1 is 1.14 bits per heavy atom. The molecule has 0 aliphatic carbocycles. The van der Waals surface area contributed by atoms with Gasteiger partial charge in [-0.1, -0.05) is 35.5 Å². The van der Waals surface area contributed by atoms with E-state index in [1.807, 2.05) is 52.2 Å². The number of rotatable bonds is 6. The van der Waals surface area contributed by atoms with Crippen LogP contribution in [0.25, 0.3) is 21.9 Å². The lowest BCUT2D eigenvalue weighted by Crippen LogP contribution is -2.33. The number of hydrogen-bond acceptors (Lipinski definition) is 6. The van der Waals surface area contributed by atoms with Crippen LogP contribution in [0, 0.1) is 19.3 Å². The van der Waals surface area contributed by atoms with E-state index in [2.05, 4.69) is 70.4 Å². The minimum atomic E-state index is -1.06. The van der Waals surface area contributed by atoms with Crippen LogP contribution in [0.15, 0.2) is 60.8 Å². The Hall–Kier alpha value is -4.30. The quantitative estimate of drug-likeness (QED) is 0.264. The van der Waals surface area contributed by atoms with Crippen LogP contribution in [0.1, 0.15) is 60.1 Å². The molecule has 2 atom stereocenters. The van der Waals surface area contributed by atoms with Gasteiger partial charge in [0.25, 0.3) is 0 Å². The van der Waals surface area contributed by atoms with Gasteiger partial charge in [0.1, 0.15) is 17.4 Å². The lowest BCUT2D eigenvalue weighted by atomic mass is 9.69. The first kappa shape index (κ1) is 27.8. The number of aryl methyl sites for hydroxylation is 3. The van der Waals surface area contributed by atoms with Crippen LogP contribution in [0.4, 0.5) is 0 Å². The lowest BCUT2D eigenvalue weighted by molar-refractivity contribution is -0.147. The summed E-state index contributed by atoms with van der Waals surface area (Å²) in [5.41, 5.74) is 7.97. The zero-order valence-electron chi connectivity index (χ0n) is 25.0. The van der Waals surface area contributed by atoms with E-state index in [0.717, 1.165) is 69.6 Å². The SMILES string of the molecule is Cc1ccc(C(c2ccc3c(nnn3C)c2C)C(C)(C)C(=O)O)cc1CN1Cc2cc3ncccc3cc2O[C@H](C)C1. The van der Waals surface area contributed by atoms with Crippen molar-refractivity contribution in [3.63, 3.8) is 0 Å². The fourth-order valence-electron chi connectivity index (χ4n) is 6.37. The molecule has 6 rings (SSSR count). The number of carboxylic acids is 1. The molecule has 3 heterocycles. The highest BCUT2D eigenvalue weighted by Crippen LogP contribution is 2.44. The molecule has 1 N–H and O–H groups in total. The average Bonchev–Trinajstić information content (AvgIpc) is 3.25.